The summed E-state index contributed by atoms with van der Waals surface area (Å²) in [4.78, 5) is 6.53. The van der Waals surface area contributed by atoms with Gasteiger partial charge in [-0.15, -0.1) is 0 Å². The van der Waals surface area contributed by atoms with Crippen LogP contribution in [0.15, 0.2) is 23.2 Å². The van der Waals surface area contributed by atoms with E-state index in [0.29, 0.717) is 10.0 Å². The van der Waals surface area contributed by atoms with E-state index in [9.17, 15) is 8.42 Å². The van der Waals surface area contributed by atoms with Crippen molar-refractivity contribution in [3.63, 3.8) is 0 Å². The van der Waals surface area contributed by atoms with Crippen LogP contribution in [0.2, 0.25) is 10.0 Å². The standard InChI is InChI=1S/C13H14Cl2N2O2S2/c1-17-12-7-21(18,19)6-11(12)16-13(17)20-5-8-2-3-9(14)10(15)4-8/h2-4,11-12H,5-7H2,1H3/t11-,12-/m0/s1. The molecule has 0 aliphatic carbocycles. The van der Waals surface area contributed by atoms with Crippen LogP contribution in [-0.4, -0.2) is 49.1 Å². The van der Waals surface area contributed by atoms with Crippen LogP contribution in [0.5, 0.6) is 0 Å². The lowest BCUT2D eigenvalue weighted by molar-refractivity contribution is 0.410. The van der Waals surface area contributed by atoms with Gasteiger partial charge in [0.15, 0.2) is 15.0 Å². The predicted molar refractivity (Wildman–Crippen MR) is 89.2 cm³/mol. The predicted octanol–water partition coefficient (Wildman–Crippen LogP) is 2.69. The molecule has 2 heterocycles. The first-order valence-corrected chi connectivity index (χ1v) is 10.00. The van der Waals surface area contributed by atoms with Gasteiger partial charge in [-0.25, -0.2) is 8.42 Å². The molecule has 2 atom stereocenters. The van der Waals surface area contributed by atoms with E-state index < -0.39 is 9.84 Å². The molecule has 0 N–H and O–H groups in total. The summed E-state index contributed by atoms with van der Waals surface area (Å²) in [5, 5.41) is 1.98. The van der Waals surface area contributed by atoms with Crippen molar-refractivity contribution in [2.75, 3.05) is 18.6 Å². The van der Waals surface area contributed by atoms with Gasteiger partial charge in [-0.05, 0) is 17.7 Å². The van der Waals surface area contributed by atoms with Gasteiger partial charge < -0.3 is 4.90 Å². The number of rotatable bonds is 2. The Hall–Kier alpha value is -0.430. The van der Waals surface area contributed by atoms with Crippen LogP contribution in [0.3, 0.4) is 0 Å². The van der Waals surface area contributed by atoms with Gasteiger partial charge in [-0.1, -0.05) is 41.0 Å². The molecule has 1 saturated heterocycles. The third-order valence-electron chi connectivity index (χ3n) is 3.72. The van der Waals surface area contributed by atoms with Crippen LogP contribution in [0.4, 0.5) is 0 Å². The summed E-state index contributed by atoms with van der Waals surface area (Å²) in [7, 11) is -1.02. The van der Waals surface area contributed by atoms with Crippen molar-refractivity contribution in [1.29, 1.82) is 0 Å². The molecule has 8 heteroatoms. The van der Waals surface area contributed by atoms with Crippen molar-refractivity contribution in [1.82, 2.24) is 4.90 Å². The first-order valence-electron chi connectivity index (χ1n) is 6.43. The average Bonchev–Trinajstić information content (AvgIpc) is 2.85. The highest BCUT2D eigenvalue weighted by atomic mass is 35.5. The molecule has 114 valence electrons. The topological polar surface area (TPSA) is 49.7 Å². The number of aliphatic imine (C=N–C) groups is 1. The van der Waals surface area contributed by atoms with Crippen LogP contribution in [0.25, 0.3) is 0 Å². The number of likely N-dealkylation sites (N-methyl/N-ethyl adjacent to an activating group) is 1. The van der Waals surface area contributed by atoms with Crippen LogP contribution >= 0.6 is 35.0 Å². The highest BCUT2D eigenvalue weighted by Gasteiger charge is 2.44. The van der Waals surface area contributed by atoms with Crippen LogP contribution in [-0.2, 0) is 15.6 Å². The van der Waals surface area contributed by atoms with Crippen LogP contribution < -0.4 is 0 Å². The van der Waals surface area contributed by atoms with E-state index in [1.807, 2.05) is 24.1 Å². The Morgan fingerprint density at radius 1 is 1.33 bits per heavy atom. The Labute approximate surface area is 138 Å². The maximum absolute atomic E-state index is 11.6. The molecule has 0 radical (unpaired) electrons. The molecule has 1 fully saturated rings. The van der Waals surface area contributed by atoms with E-state index in [4.69, 9.17) is 23.2 Å². The average molecular weight is 365 g/mol. The normalized spacial score (nSPS) is 26.8. The smallest absolute Gasteiger partial charge is 0.159 e. The minimum Gasteiger partial charge on any atom is -0.348 e. The molecule has 0 unspecified atom stereocenters. The summed E-state index contributed by atoms with van der Waals surface area (Å²) in [6.07, 6.45) is 0. The monoisotopic (exact) mass is 364 g/mol. The molecular weight excluding hydrogens is 351 g/mol. The lowest BCUT2D eigenvalue weighted by atomic mass is 10.2. The Kier molecular flexibility index (Phi) is 4.16. The summed E-state index contributed by atoms with van der Waals surface area (Å²) in [6.45, 7) is 0. The van der Waals surface area contributed by atoms with E-state index in [-0.39, 0.29) is 23.6 Å². The first-order chi connectivity index (χ1) is 9.85. The fourth-order valence-electron chi connectivity index (χ4n) is 2.59. The third kappa shape index (κ3) is 3.18. The number of halogens is 2. The number of hydrogen-bond acceptors (Lipinski definition) is 5. The van der Waals surface area contributed by atoms with Gasteiger partial charge in [0.25, 0.3) is 0 Å². The fraction of sp³-hybridized carbons (Fsp3) is 0.462. The van der Waals surface area contributed by atoms with E-state index in [0.717, 1.165) is 16.5 Å². The minimum absolute atomic E-state index is 0.00805. The van der Waals surface area contributed by atoms with Gasteiger partial charge in [0.05, 0.1) is 33.6 Å². The van der Waals surface area contributed by atoms with E-state index in [1.54, 1.807) is 17.8 Å². The Balaban J connectivity index is 1.68. The minimum atomic E-state index is -2.93. The Bertz CT molecular complexity index is 706. The summed E-state index contributed by atoms with van der Waals surface area (Å²) >= 11 is 13.5. The maximum atomic E-state index is 11.6. The highest BCUT2D eigenvalue weighted by Crippen LogP contribution is 2.31. The zero-order valence-electron chi connectivity index (χ0n) is 11.3. The molecule has 2 aliphatic rings. The summed E-state index contributed by atoms with van der Waals surface area (Å²) in [6, 6.07) is 5.43. The van der Waals surface area contributed by atoms with Gasteiger partial charge >= 0.3 is 0 Å². The highest BCUT2D eigenvalue weighted by molar-refractivity contribution is 8.13. The van der Waals surface area contributed by atoms with Crippen LogP contribution in [0.1, 0.15) is 5.56 Å². The third-order valence-corrected chi connectivity index (χ3v) is 7.29. The number of amidine groups is 1. The van der Waals surface area contributed by atoms with Gasteiger partial charge in [-0.2, -0.15) is 0 Å². The van der Waals surface area contributed by atoms with Crippen molar-refractivity contribution in [3.8, 4) is 0 Å². The van der Waals surface area contributed by atoms with Crippen molar-refractivity contribution < 1.29 is 8.42 Å². The zero-order valence-corrected chi connectivity index (χ0v) is 14.4. The quantitative estimate of drug-likeness (QED) is 0.809. The molecule has 3 rings (SSSR count). The molecule has 4 nitrogen and oxygen atoms in total. The van der Waals surface area contributed by atoms with Gasteiger partial charge in [0.1, 0.15) is 0 Å². The second kappa shape index (κ2) is 5.65. The lowest BCUT2D eigenvalue weighted by Gasteiger charge is -2.20. The van der Waals surface area contributed by atoms with Crippen LogP contribution in [0, 0.1) is 0 Å². The number of nitrogens with zero attached hydrogens (tertiary/aromatic N) is 2. The fourth-order valence-corrected chi connectivity index (χ4v) is 5.86. The second-order valence-electron chi connectivity index (χ2n) is 5.27. The molecule has 1 aromatic carbocycles. The molecule has 21 heavy (non-hydrogen) atoms. The maximum Gasteiger partial charge on any atom is 0.159 e. The summed E-state index contributed by atoms with van der Waals surface area (Å²) in [5.41, 5.74) is 1.06. The number of sulfone groups is 1. The van der Waals surface area contributed by atoms with Gasteiger partial charge in [0, 0.05) is 12.8 Å². The van der Waals surface area contributed by atoms with Crippen molar-refractivity contribution in [2.45, 2.75) is 17.8 Å². The summed E-state index contributed by atoms with van der Waals surface area (Å²) in [5.74, 6) is 1.10. The molecule has 0 amide bonds. The van der Waals surface area contributed by atoms with E-state index in [2.05, 4.69) is 4.99 Å². The molecule has 0 spiro atoms. The van der Waals surface area contributed by atoms with Gasteiger partial charge in [0.2, 0.25) is 0 Å². The molecule has 1 aromatic rings. The molecule has 0 bridgehead atoms. The number of benzene rings is 1. The molecule has 0 aromatic heterocycles. The van der Waals surface area contributed by atoms with E-state index >= 15 is 0 Å². The largest absolute Gasteiger partial charge is 0.348 e. The van der Waals surface area contributed by atoms with Crippen molar-refractivity contribution >= 4 is 50.0 Å². The summed E-state index contributed by atoms with van der Waals surface area (Å²) < 4.78 is 23.2. The number of thioether (sulfide) groups is 1. The number of hydrogen-bond donors (Lipinski definition) is 0. The molecule has 0 saturated carbocycles. The first kappa shape index (κ1) is 15.5. The van der Waals surface area contributed by atoms with Crippen molar-refractivity contribution in [3.05, 3.63) is 33.8 Å². The Morgan fingerprint density at radius 3 is 2.76 bits per heavy atom. The Morgan fingerprint density at radius 2 is 2.10 bits per heavy atom. The van der Waals surface area contributed by atoms with E-state index in [1.165, 1.54) is 0 Å². The second-order valence-corrected chi connectivity index (χ2v) is 9.18. The SMILES string of the molecule is CN1C(SCc2ccc(Cl)c(Cl)c2)=N[C@H]2CS(=O)(=O)C[C@@H]21. The van der Waals surface area contributed by atoms with Gasteiger partial charge in [-0.3, -0.25) is 4.99 Å². The molecule has 2 aliphatic heterocycles. The van der Waals surface area contributed by atoms with Crippen molar-refractivity contribution in [2.24, 2.45) is 4.99 Å². The lowest BCUT2D eigenvalue weighted by Crippen LogP contribution is -2.35. The zero-order chi connectivity index (χ0) is 15.2. The molecular formula is C13H14Cl2N2O2S2. The number of fused-ring (bicyclic) bond motifs is 1.